The Morgan fingerprint density at radius 1 is 1.58 bits per heavy atom. The van der Waals surface area contributed by atoms with Gasteiger partial charge in [-0.15, -0.1) is 0 Å². The van der Waals surface area contributed by atoms with E-state index in [1.54, 1.807) is 0 Å². The summed E-state index contributed by atoms with van der Waals surface area (Å²) in [5.74, 6) is 0.606. The van der Waals surface area contributed by atoms with E-state index in [0.717, 1.165) is 19.4 Å². The molecule has 2 N–H and O–H groups in total. The fourth-order valence-corrected chi connectivity index (χ4v) is 1.90. The Labute approximate surface area is 110 Å². The lowest BCUT2D eigenvalue weighted by molar-refractivity contribution is -0.384. The van der Waals surface area contributed by atoms with Crippen LogP contribution < -0.4 is 10.6 Å². The molecule has 1 aromatic heterocycles. The number of nitrogens with one attached hydrogen (secondary N) is 2. The first-order chi connectivity index (χ1) is 9.20. The van der Waals surface area contributed by atoms with Crippen molar-refractivity contribution in [1.29, 1.82) is 0 Å². The number of rotatable bonds is 6. The summed E-state index contributed by atoms with van der Waals surface area (Å²) >= 11 is 0. The van der Waals surface area contributed by atoms with Gasteiger partial charge >= 0.3 is 5.69 Å². The van der Waals surface area contributed by atoms with Gasteiger partial charge in [0.25, 0.3) is 0 Å². The maximum atomic E-state index is 10.9. The lowest BCUT2D eigenvalue weighted by Gasteiger charge is -2.12. The Hall–Kier alpha value is -1.96. The second-order valence-electron chi connectivity index (χ2n) is 4.23. The summed E-state index contributed by atoms with van der Waals surface area (Å²) < 4.78 is 5.46. The summed E-state index contributed by atoms with van der Waals surface area (Å²) in [4.78, 5) is 18.4. The van der Waals surface area contributed by atoms with Gasteiger partial charge in [0.1, 0.15) is 6.20 Å². The van der Waals surface area contributed by atoms with Crippen molar-refractivity contribution < 1.29 is 9.66 Å². The highest BCUT2D eigenvalue weighted by Crippen LogP contribution is 2.22. The molecule has 0 bridgehead atoms. The van der Waals surface area contributed by atoms with Crippen molar-refractivity contribution in [3.05, 3.63) is 16.3 Å². The van der Waals surface area contributed by atoms with Gasteiger partial charge in [0.2, 0.25) is 11.8 Å². The third-order valence-electron chi connectivity index (χ3n) is 2.82. The molecule has 8 nitrogen and oxygen atoms in total. The van der Waals surface area contributed by atoms with Crippen molar-refractivity contribution in [2.75, 3.05) is 30.3 Å². The van der Waals surface area contributed by atoms with Crippen LogP contribution in [-0.2, 0) is 4.74 Å². The molecular weight excluding hydrogens is 250 g/mol. The van der Waals surface area contributed by atoms with E-state index in [9.17, 15) is 10.1 Å². The van der Waals surface area contributed by atoms with Crippen LogP contribution in [0.3, 0.4) is 0 Å². The average Bonchev–Trinajstić information content (AvgIpc) is 2.89. The first-order valence-corrected chi connectivity index (χ1v) is 6.31. The summed E-state index contributed by atoms with van der Waals surface area (Å²) in [6.45, 7) is 3.83. The molecule has 19 heavy (non-hydrogen) atoms. The molecule has 1 unspecified atom stereocenters. The van der Waals surface area contributed by atoms with Crippen molar-refractivity contribution in [3.63, 3.8) is 0 Å². The van der Waals surface area contributed by atoms with Gasteiger partial charge in [-0.25, -0.2) is 4.98 Å². The maximum absolute atomic E-state index is 10.9. The number of nitrogens with zero attached hydrogens (tertiary/aromatic N) is 3. The minimum absolute atomic E-state index is 0.0946. The molecule has 1 saturated heterocycles. The van der Waals surface area contributed by atoms with E-state index in [4.69, 9.17) is 4.74 Å². The van der Waals surface area contributed by atoms with E-state index >= 15 is 0 Å². The SMILES string of the molecule is CCNc1ncc([N+](=O)[O-])c(NCC2CCCO2)n1. The largest absolute Gasteiger partial charge is 0.376 e. The highest BCUT2D eigenvalue weighted by atomic mass is 16.6. The first kappa shape index (κ1) is 13.5. The van der Waals surface area contributed by atoms with Crippen LogP contribution in [0.5, 0.6) is 0 Å². The number of anilines is 2. The second-order valence-corrected chi connectivity index (χ2v) is 4.23. The van der Waals surface area contributed by atoms with Gasteiger partial charge in [0, 0.05) is 19.7 Å². The second kappa shape index (κ2) is 6.28. The molecule has 2 heterocycles. The molecule has 0 spiro atoms. The van der Waals surface area contributed by atoms with E-state index in [0.29, 0.717) is 19.0 Å². The van der Waals surface area contributed by atoms with Crippen molar-refractivity contribution in [1.82, 2.24) is 9.97 Å². The maximum Gasteiger partial charge on any atom is 0.329 e. The monoisotopic (exact) mass is 267 g/mol. The van der Waals surface area contributed by atoms with Crippen molar-refractivity contribution in [2.45, 2.75) is 25.9 Å². The fraction of sp³-hybridized carbons (Fsp3) is 0.636. The topological polar surface area (TPSA) is 102 Å². The first-order valence-electron chi connectivity index (χ1n) is 6.31. The molecule has 0 aliphatic carbocycles. The van der Waals surface area contributed by atoms with Crippen LogP contribution in [-0.4, -0.2) is 40.7 Å². The summed E-state index contributed by atoms with van der Waals surface area (Å²) in [6, 6.07) is 0. The predicted molar refractivity (Wildman–Crippen MR) is 70.3 cm³/mol. The predicted octanol–water partition coefficient (Wildman–Crippen LogP) is 1.41. The Morgan fingerprint density at radius 2 is 2.42 bits per heavy atom. The van der Waals surface area contributed by atoms with E-state index < -0.39 is 4.92 Å². The molecule has 8 heteroatoms. The van der Waals surface area contributed by atoms with Crippen molar-refractivity contribution >= 4 is 17.5 Å². The van der Waals surface area contributed by atoms with Crippen molar-refractivity contribution in [3.8, 4) is 0 Å². The third-order valence-corrected chi connectivity index (χ3v) is 2.82. The van der Waals surface area contributed by atoms with Crippen LogP contribution in [0.4, 0.5) is 17.5 Å². The Bertz CT molecular complexity index is 448. The molecule has 0 saturated carbocycles. The van der Waals surface area contributed by atoms with Crippen LogP contribution in [0.25, 0.3) is 0 Å². The summed E-state index contributed by atoms with van der Waals surface area (Å²) in [5, 5.41) is 16.8. The van der Waals surface area contributed by atoms with Gasteiger partial charge in [0.05, 0.1) is 11.0 Å². The number of hydrogen-bond donors (Lipinski definition) is 2. The van der Waals surface area contributed by atoms with Crippen LogP contribution in [0.2, 0.25) is 0 Å². The van der Waals surface area contributed by atoms with Gasteiger partial charge < -0.3 is 15.4 Å². The van der Waals surface area contributed by atoms with Gasteiger partial charge in [-0.3, -0.25) is 10.1 Å². The number of nitro groups is 1. The molecule has 1 aliphatic heterocycles. The molecule has 1 aliphatic rings. The van der Waals surface area contributed by atoms with Gasteiger partial charge in [-0.2, -0.15) is 4.98 Å². The molecule has 1 aromatic rings. The zero-order valence-corrected chi connectivity index (χ0v) is 10.8. The quantitative estimate of drug-likeness (QED) is 0.593. The lowest BCUT2D eigenvalue weighted by Crippen LogP contribution is -2.20. The zero-order valence-electron chi connectivity index (χ0n) is 10.8. The van der Waals surface area contributed by atoms with E-state index in [1.165, 1.54) is 6.20 Å². The number of ether oxygens (including phenoxy) is 1. The Kier molecular flexibility index (Phi) is 4.45. The van der Waals surface area contributed by atoms with Crippen molar-refractivity contribution in [2.24, 2.45) is 0 Å². The minimum Gasteiger partial charge on any atom is -0.376 e. The molecule has 1 atom stereocenters. The molecular formula is C11H17N5O3. The molecule has 1 fully saturated rings. The fourth-order valence-electron chi connectivity index (χ4n) is 1.90. The highest BCUT2D eigenvalue weighted by Gasteiger charge is 2.20. The third kappa shape index (κ3) is 3.50. The normalized spacial score (nSPS) is 18.3. The van der Waals surface area contributed by atoms with Gasteiger partial charge in [0.15, 0.2) is 0 Å². The number of aromatic nitrogens is 2. The lowest BCUT2D eigenvalue weighted by atomic mass is 10.2. The number of hydrogen-bond acceptors (Lipinski definition) is 7. The van der Waals surface area contributed by atoms with E-state index in [-0.39, 0.29) is 17.6 Å². The van der Waals surface area contributed by atoms with E-state index in [2.05, 4.69) is 20.6 Å². The standard InChI is InChI=1S/C11H17N5O3/c1-2-12-11-14-7-9(16(17)18)10(15-11)13-6-8-4-3-5-19-8/h7-8H,2-6H2,1H3,(H2,12,13,14,15). The Balaban J connectivity index is 2.09. The van der Waals surface area contributed by atoms with Gasteiger partial charge in [-0.1, -0.05) is 0 Å². The Morgan fingerprint density at radius 3 is 3.05 bits per heavy atom. The highest BCUT2D eigenvalue weighted by molar-refractivity contribution is 5.56. The summed E-state index contributed by atoms with van der Waals surface area (Å²) in [7, 11) is 0. The molecule has 104 valence electrons. The zero-order chi connectivity index (χ0) is 13.7. The van der Waals surface area contributed by atoms with Crippen LogP contribution in [0, 0.1) is 10.1 Å². The average molecular weight is 267 g/mol. The molecule has 2 rings (SSSR count). The summed E-state index contributed by atoms with van der Waals surface area (Å²) in [6.07, 6.45) is 3.30. The van der Waals surface area contributed by atoms with E-state index in [1.807, 2.05) is 6.92 Å². The van der Waals surface area contributed by atoms with Crippen LogP contribution >= 0.6 is 0 Å². The van der Waals surface area contributed by atoms with Gasteiger partial charge in [-0.05, 0) is 19.8 Å². The smallest absolute Gasteiger partial charge is 0.329 e. The summed E-state index contributed by atoms with van der Waals surface area (Å²) in [5.41, 5.74) is -0.125. The van der Waals surface area contributed by atoms with Crippen LogP contribution in [0.15, 0.2) is 6.20 Å². The minimum atomic E-state index is -0.492. The van der Waals surface area contributed by atoms with Crippen LogP contribution in [0.1, 0.15) is 19.8 Å². The molecule has 0 aromatic carbocycles. The molecule has 0 amide bonds. The molecule has 0 radical (unpaired) electrons.